The van der Waals surface area contributed by atoms with E-state index in [-0.39, 0.29) is 24.4 Å². The Balaban J connectivity index is 0.00000242. The number of nitrogens with one attached hydrogen (secondary N) is 1. The van der Waals surface area contributed by atoms with Crippen molar-refractivity contribution in [1.82, 2.24) is 5.32 Å². The third kappa shape index (κ3) is 5.71. The van der Waals surface area contributed by atoms with E-state index in [0.29, 0.717) is 18.2 Å². The van der Waals surface area contributed by atoms with Crippen LogP contribution in [0.15, 0.2) is 29.2 Å². The van der Waals surface area contributed by atoms with Crippen molar-refractivity contribution >= 4 is 30.1 Å². The fraction of sp³-hybridized carbons (Fsp3) is 0.562. The summed E-state index contributed by atoms with van der Waals surface area (Å²) >= 11 is 1.53. The van der Waals surface area contributed by atoms with E-state index in [1.54, 1.807) is 7.11 Å². The molecule has 1 fully saturated rings. The fourth-order valence-corrected chi connectivity index (χ4v) is 3.52. The van der Waals surface area contributed by atoms with Gasteiger partial charge in [-0.2, -0.15) is 0 Å². The lowest BCUT2D eigenvalue weighted by molar-refractivity contribution is -0.119. The SMILES string of the molecule is COc1cccc(SCC(=O)NC2CCCCC2CN)c1.Cl. The predicted octanol–water partition coefficient (Wildman–Crippen LogP) is 2.84. The van der Waals surface area contributed by atoms with Crippen LogP contribution in [0.4, 0.5) is 0 Å². The summed E-state index contributed by atoms with van der Waals surface area (Å²) in [7, 11) is 1.65. The van der Waals surface area contributed by atoms with E-state index in [2.05, 4.69) is 5.32 Å². The average molecular weight is 345 g/mol. The van der Waals surface area contributed by atoms with E-state index in [1.165, 1.54) is 24.6 Å². The molecule has 0 aliphatic heterocycles. The molecule has 2 atom stereocenters. The zero-order valence-electron chi connectivity index (χ0n) is 12.9. The Morgan fingerprint density at radius 3 is 2.91 bits per heavy atom. The van der Waals surface area contributed by atoms with Crippen LogP contribution in [0.25, 0.3) is 0 Å². The van der Waals surface area contributed by atoms with Crippen LogP contribution in [0.3, 0.4) is 0 Å². The number of thioether (sulfide) groups is 1. The molecule has 1 aliphatic rings. The van der Waals surface area contributed by atoms with E-state index < -0.39 is 0 Å². The van der Waals surface area contributed by atoms with Gasteiger partial charge < -0.3 is 15.8 Å². The number of methoxy groups -OCH3 is 1. The molecule has 124 valence electrons. The highest BCUT2D eigenvalue weighted by atomic mass is 35.5. The Morgan fingerprint density at radius 2 is 2.18 bits per heavy atom. The van der Waals surface area contributed by atoms with Crippen LogP contribution in [0.5, 0.6) is 5.75 Å². The van der Waals surface area contributed by atoms with Gasteiger partial charge in [0.2, 0.25) is 5.91 Å². The van der Waals surface area contributed by atoms with Crippen LogP contribution in [0.2, 0.25) is 0 Å². The van der Waals surface area contributed by atoms with Crippen LogP contribution < -0.4 is 15.8 Å². The van der Waals surface area contributed by atoms with E-state index in [9.17, 15) is 4.79 Å². The second-order valence-electron chi connectivity index (χ2n) is 5.42. The number of hydrogen-bond donors (Lipinski definition) is 2. The first-order valence-electron chi connectivity index (χ1n) is 7.49. The number of benzene rings is 1. The van der Waals surface area contributed by atoms with Crippen LogP contribution in [0, 0.1) is 5.92 Å². The minimum atomic E-state index is 0. The van der Waals surface area contributed by atoms with Crippen molar-refractivity contribution < 1.29 is 9.53 Å². The van der Waals surface area contributed by atoms with Gasteiger partial charge in [-0.1, -0.05) is 18.9 Å². The summed E-state index contributed by atoms with van der Waals surface area (Å²) in [5.41, 5.74) is 5.80. The molecule has 1 aromatic carbocycles. The molecule has 2 unspecified atom stereocenters. The molecule has 0 bridgehead atoms. The summed E-state index contributed by atoms with van der Waals surface area (Å²) in [5, 5.41) is 3.15. The van der Waals surface area contributed by atoms with Gasteiger partial charge in [-0.3, -0.25) is 4.79 Å². The second kappa shape index (κ2) is 9.98. The summed E-state index contributed by atoms with van der Waals surface area (Å²) in [4.78, 5) is 13.1. The molecule has 1 aromatic rings. The van der Waals surface area contributed by atoms with Crippen molar-refractivity contribution in [3.8, 4) is 5.75 Å². The Bertz CT molecular complexity index is 473. The first kappa shape index (κ1) is 19.1. The largest absolute Gasteiger partial charge is 0.497 e. The van der Waals surface area contributed by atoms with Gasteiger partial charge in [0.05, 0.1) is 12.9 Å². The topological polar surface area (TPSA) is 64.3 Å². The van der Waals surface area contributed by atoms with E-state index in [4.69, 9.17) is 10.5 Å². The molecule has 22 heavy (non-hydrogen) atoms. The number of hydrogen-bond acceptors (Lipinski definition) is 4. The van der Waals surface area contributed by atoms with Gasteiger partial charge in [-0.05, 0) is 43.5 Å². The van der Waals surface area contributed by atoms with Crippen LogP contribution in [-0.4, -0.2) is 31.4 Å². The Morgan fingerprint density at radius 1 is 1.41 bits per heavy atom. The first-order valence-corrected chi connectivity index (χ1v) is 8.47. The molecule has 0 heterocycles. The predicted molar refractivity (Wildman–Crippen MR) is 93.9 cm³/mol. The highest BCUT2D eigenvalue weighted by molar-refractivity contribution is 8.00. The van der Waals surface area contributed by atoms with Gasteiger partial charge in [-0.15, -0.1) is 24.2 Å². The Kier molecular flexibility index (Phi) is 8.68. The van der Waals surface area contributed by atoms with Crippen molar-refractivity contribution in [2.24, 2.45) is 11.7 Å². The van der Waals surface area contributed by atoms with Gasteiger partial charge in [0.25, 0.3) is 0 Å². The van der Waals surface area contributed by atoms with Gasteiger partial charge in [0, 0.05) is 10.9 Å². The quantitative estimate of drug-likeness (QED) is 0.779. The number of carbonyl (C=O) groups is 1. The summed E-state index contributed by atoms with van der Waals surface area (Å²) < 4.78 is 5.18. The standard InChI is InChI=1S/C16H24N2O2S.ClH/c1-20-13-6-4-7-14(9-13)21-11-16(19)18-15-8-3-2-5-12(15)10-17;/h4,6-7,9,12,15H,2-3,5,8,10-11,17H2,1H3,(H,18,19);1H. The van der Waals surface area contributed by atoms with Gasteiger partial charge in [0.1, 0.15) is 5.75 Å². The van der Waals surface area contributed by atoms with Crippen molar-refractivity contribution in [3.63, 3.8) is 0 Å². The maximum absolute atomic E-state index is 12.1. The number of rotatable bonds is 6. The third-order valence-electron chi connectivity index (χ3n) is 3.97. The molecular formula is C16H25ClN2O2S. The normalized spacial score (nSPS) is 20.8. The van der Waals surface area contributed by atoms with Crippen molar-refractivity contribution in [3.05, 3.63) is 24.3 Å². The van der Waals surface area contributed by atoms with E-state index in [0.717, 1.165) is 23.5 Å². The number of halogens is 1. The smallest absolute Gasteiger partial charge is 0.230 e. The molecule has 1 amide bonds. The molecule has 0 radical (unpaired) electrons. The third-order valence-corrected chi connectivity index (χ3v) is 4.96. The van der Waals surface area contributed by atoms with Crippen LogP contribution in [-0.2, 0) is 4.79 Å². The minimum Gasteiger partial charge on any atom is -0.497 e. The molecule has 1 aliphatic carbocycles. The lowest BCUT2D eigenvalue weighted by atomic mass is 9.84. The monoisotopic (exact) mass is 344 g/mol. The molecule has 0 saturated heterocycles. The van der Waals surface area contributed by atoms with Crippen LogP contribution >= 0.6 is 24.2 Å². The van der Waals surface area contributed by atoms with E-state index in [1.807, 2.05) is 24.3 Å². The fourth-order valence-electron chi connectivity index (χ4n) is 2.77. The molecule has 1 saturated carbocycles. The number of amides is 1. The maximum atomic E-state index is 12.1. The molecule has 3 N–H and O–H groups in total. The summed E-state index contributed by atoms with van der Waals surface area (Å²) in [6.07, 6.45) is 4.60. The molecule has 0 aromatic heterocycles. The zero-order valence-corrected chi connectivity index (χ0v) is 14.6. The number of carbonyl (C=O) groups excluding carboxylic acids is 1. The summed E-state index contributed by atoms with van der Waals surface area (Å²) in [6.45, 7) is 0.661. The highest BCUT2D eigenvalue weighted by Gasteiger charge is 2.25. The van der Waals surface area contributed by atoms with Crippen molar-refractivity contribution in [1.29, 1.82) is 0 Å². The highest BCUT2D eigenvalue weighted by Crippen LogP contribution is 2.25. The van der Waals surface area contributed by atoms with Crippen molar-refractivity contribution in [2.45, 2.75) is 36.6 Å². The molecule has 4 nitrogen and oxygen atoms in total. The number of ether oxygens (including phenoxy) is 1. The number of nitrogens with two attached hydrogens (primary N) is 1. The van der Waals surface area contributed by atoms with E-state index >= 15 is 0 Å². The summed E-state index contributed by atoms with van der Waals surface area (Å²) in [5.74, 6) is 1.77. The molecule has 6 heteroatoms. The molecular weight excluding hydrogens is 320 g/mol. The van der Waals surface area contributed by atoms with Gasteiger partial charge in [-0.25, -0.2) is 0 Å². The lowest BCUT2D eigenvalue weighted by Crippen LogP contribution is -2.45. The lowest BCUT2D eigenvalue weighted by Gasteiger charge is -2.31. The van der Waals surface area contributed by atoms with Crippen molar-refractivity contribution in [2.75, 3.05) is 19.4 Å². The average Bonchev–Trinajstić information content (AvgIpc) is 2.53. The second-order valence-corrected chi connectivity index (χ2v) is 6.47. The molecule has 2 rings (SSSR count). The van der Waals surface area contributed by atoms with Gasteiger partial charge in [0.15, 0.2) is 0 Å². The Hall–Kier alpha value is -0.910. The Labute approximate surface area is 143 Å². The minimum absolute atomic E-state index is 0. The summed E-state index contributed by atoms with van der Waals surface area (Å²) in [6, 6.07) is 8.02. The zero-order chi connectivity index (χ0) is 15.1. The maximum Gasteiger partial charge on any atom is 0.230 e. The van der Waals surface area contributed by atoms with Gasteiger partial charge >= 0.3 is 0 Å². The van der Waals surface area contributed by atoms with Crippen LogP contribution in [0.1, 0.15) is 25.7 Å². The molecule has 0 spiro atoms. The first-order chi connectivity index (χ1) is 10.2.